The zero-order valence-corrected chi connectivity index (χ0v) is 11.5. The third kappa shape index (κ3) is 3.17. The normalized spacial score (nSPS) is 10.1. The van der Waals surface area contributed by atoms with Crippen LogP contribution in [0, 0.1) is 0 Å². The van der Waals surface area contributed by atoms with Gasteiger partial charge in [-0.3, -0.25) is 4.79 Å². The van der Waals surface area contributed by atoms with Crippen molar-refractivity contribution in [1.29, 1.82) is 0 Å². The van der Waals surface area contributed by atoms with Gasteiger partial charge in [0.25, 0.3) is 5.91 Å². The molecule has 4 N–H and O–H groups in total. The second-order valence-electron chi connectivity index (χ2n) is 4.40. The van der Waals surface area contributed by atoms with Gasteiger partial charge in [-0.05, 0) is 30.7 Å². The number of nitrogens with zero attached hydrogens (tertiary/aromatic N) is 1. The molecule has 6 heteroatoms. The number of carboxylic acids is 1. The summed E-state index contributed by atoms with van der Waals surface area (Å²) < 4.78 is 0. The average Bonchev–Trinajstić information content (AvgIpc) is 2.48. The number of benzene rings is 1. The Balaban J connectivity index is 2.43. The van der Waals surface area contributed by atoms with Crippen LogP contribution in [-0.2, 0) is 0 Å². The third-order valence-electron chi connectivity index (χ3n) is 2.94. The van der Waals surface area contributed by atoms with Gasteiger partial charge in [0, 0.05) is 23.9 Å². The average molecular weight is 285 g/mol. The number of aromatic carboxylic acids is 1. The molecule has 1 heterocycles. The molecular formula is C15H15N3O3. The summed E-state index contributed by atoms with van der Waals surface area (Å²) in [7, 11) is 0. The van der Waals surface area contributed by atoms with Gasteiger partial charge in [-0.25, -0.2) is 9.78 Å². The Labute approximate surface area is 121 Å². The fourth-order valence-electron chi connectivity index (χ4n) is 1.91. The molecule has 2 aromatic rings. The van der Waals surface area contributed by atoms with Crippen LogP contribution in [0.2, 0.25) is 0 Å². The summed E-state index contributed by atoms with van der Waals surface area (Å²) in [6, 6.07) is 8.33. The number of anilines is 1. The molecule has 1 aromatic carbocycles. The number of pyridine rings is 1. The largest absolute Gasteiger partial charge is 0.478 e. The van der Waals surface area contributed by atoms with Gasteiger partial charge >= 0.3 is 5.97 Å². The van der Waals surface area contributed by atoms with Gasteiger partial charge in [-0.15, -0.1) is 0 Å². The molecule has 0 aliphatic heterocycles. The number of carboxylic acid groups (broad SMARTS) is 1. The molecule has 0 bridgehead atoms. The molecule has 0 saturated carbocycles. The van der Waals surface area contributed by atoms with E-state index in [2.05, 4.69) is 10.3 Å². The molecular weight excluding hydrogens is 270 g/mol. The summed E-state index contributed by atoms with van der Waals surface area (Å²) in [6.45, 7) is 2.38. The van der Waals surface area contributed by atoms with Crippen LogP contribution in [0.3, 0.4) is 0 Å². The third-order valence-corrected chi connectivity index (χ3v) is 2.94. The maximum Gasteiger partial charge on any atom is 0.339 e. The molecule has 0 saturated heterocycles. The van der Waals surface area contributed by atoms with Crippen LogP contribution in [0.15, 0.2) is 36.5 Å². The molecule has 2 rings (SSSR count). The zero-order valence-electron chi connectivity index (χ0n) is 11.5. The minimum atomic E-state index is -1.14. The first-order valence-electron chi connectivity index (χ1n) is 6.40. The van der Waals surface area contributed by atoms with E-state index in [1.807, 2.05) is 6.92 Å². The Morgan fingerprint density at radius 3 is 2.71 bits per heavy atom. The number of carbonyl (C=O) groups excluding carboxylic acids is 1. The molecule has 0 atom stereocenters. The van der Waals surface area contributed by atoms with Gasteiger partial charge in [-0.1, -0.05) is 12.1 Å². The van der Waals surface area contributed by atoms with E-state index >= 15 is 0 Å². The quantitative estimate of drug-likeness (QED) is 0.794. The Bertz CT molecular complexity index is 698. The van der Waals surface area contributed by atoms with E-state index in [-0.39, 0.29) is 17.3 Å². The summed E-state index contributed by atoms with van der Waals surface area (Å²) >= 11 is 0. The minimum Gasteiger partial charge on any atom is -0.478 e. The molecule has 0 radical (unpaired) electrons. The molecule has 1 amide bonds. The van der Waals surface area contributed by atoms with Crippen molar-refractivity contribution >= 4 is 17.7 Å². The lowest BCUT2D eigenvalue weighted by Crippen LogP contribution is -2.22. The summed E-state index contributed by atoms with van der Waals surface area (Å²) in [6.07, 6.45) is 1.48. The van der Waals surface area contributed by atoms with Crippen LogP contribution in [0.1, 0.15) is 27.6 Å². The van der Waals surface area contributed by atoms with Crippen molar-refractivity contribution in [1.82, 2.24) is 10.3 Å². The number of hydrogen-bond donors (Lipinski definition) is 3. The number of aromatic nitrogens is 1. The molecule has 0 spiro atoms. The highest BCUT2D eigenvalue weighted by Gasteiger charge is 2.12. The fourth-order valence-corrected chi connectivity index (χ4v) is 1.91. The lowest BCUT2D eigenvalue weighted by Gasteiger charge is -2.07. The maximum atomic E-state index is 11.8. The predicted octanol–water partition coefficient (Wildman–Crippen LogP) is 1.78. The van der Waals surface area contributed by atoms with Crippen LogP contribution < -0.4 is 11.1 Å². The number of nitrogens with one attached hydrogen (secondary N) is 1. The first-order chi connectivity index (χ1) is 10.0. The first kappa shape index (κ1) is 14.5. The van der Waals surface area contributed by atoms with E-state index in [1.54, 1.807) is 24.3 Å². The van der Waals surface area contributed by atoms with Gasteiger partial charge in [0.2, 0.25) is 0 Å². The zero-order chi connectivity index (χ0) is 15.4. The van der Waals surface area contributed by atoms with Crippen molar-refractivity contribution in [2.75, 3.05) is 12.3 Å². The Morgan fingerprint density at radius 2 is 2.05 bits per heavy atom. The maximum absolute atomic E-state index is 11.8. The van der Waals surface area contributed by atoms with Crippen LogP contribution in [0.4, 0.5) is 5.82 Å². The summed E-state index contributed by atoms with van der Waals surface area (Å²) in [5.41, 5.74) is 7.27. The van der Waals surface area contributed by atoms with Gasteiger partial charge in [0.15, 0.2) is 0 Å². The van der Waals surface area contributed by atoms with E-state index in [1.165, 1.54) is 12.3 Å². The summed E-state index contributed by atoms with van der Waals surface area (Å²) in [5, 5.41) is 11.8. The predicted molar refractivity (Wildman–Crippen MR) is 79.1 cm³/mol. The number of nitrogen functional groups attached to an aromatic ring is 1. The van der Waals surface area contributed by atoms with Crippen LogP contribution >= 0.6 is 0 Å². The molecule has 6 nitrogen and oxygen atoms in total. The molecule has 1 aromatic heterocycles. The Kier molecular flexibility index (Phi) is 4.18. The summed E-state index contributed by atoms with van der Waals surface area (Å²) in [5.74, 6) is -1.35. The van der Waals surface area contributed by atoms with Crippen LogP contribution in [-0.4, -0.2) is 28.5 Å². The topological polar surface area (TPSA) is 105 Å². The molecule has 0 unspecified atom stereocenters. The number of rotatable bonds is 4. The molecule has 0 aliphatic carbocycles. The molecule has 0 aliphatic rings. The van der Waals surface area contributed by atoms with Crippen molar-refractivity contribution in [3.63, 3.8) is 0 Å². The highest BCUT2D eigenvalue weighted by atomic mass is 16.4. The molecule has 108 valence electrons. The van der Waals surface area contributed by atoms with Crippen LogP contribution in [0.5, 0.6) is 0 Å². The van der Waals surface area contributed by atoms with E-state index < -0.39 is 5.97 Å². The Morgan fingerprint density at radius 1 is 1.29 bits per heavy atom. The second kappa shape index (κ2) is 6.04. The van der Waals surface area contributed by atoms with Gasteiger partial charge in [0.05, 0.1) is 0 Å². The number of nitrogens with two attached hydrogens (primary N) is 1. The monoisotopic (exact) mass is 285 g/mol. The smallest absolute Gasteiger partial charge is 0.339 e. The van der Waals surface area contributed by atoms with Crippen molar-refractivity contribution in [3.8, 4) is 11.1 Å². The highest BCUT2D eigenvalue weighted by molar-refractivity contribution is 5.96. The SMILES string of the molecule is CCNC(=O)c1cccc(-c2cnc(N)c(C(=O)O)c2)c1. The van der Waals surface area contributed by atoms with E-state index in [4.69, 9.17) is 10.8 Å². The summed E-state index contributed by atoms with van der Waals surface area (Å²) in [4.78, 5) is 26.8. The molecule has 21 heavy (non-hydrogen) atoms. The van der Waals surface area contributed by atoms with E-state index in [0.717, 1.165) is 0 Å². The minimum absolute atomic E-state index is 0.0360. The van der Waals surface area contributed by atoms with Crippen molar-refractivity contribution < 1.29 is 14.7 Å². The number of amides is 1. The number of carbonyl (C=O) groups is 2. The van der Waals surface area contributed by atoms with Crippen molar-refractivity contribution in [3.05, 3.63) is 47.7 Å². The lowest BCUT2D eigenvalue weighted by molar-refractivity contribution is 0.0697. The Hall–Kier alpha value is -2.89. The molecule has 0 fully saturated rings. The number of hydrogen-bond acceptors (Lipinski definition) is 4. The van der Waals surface area contributed by atoms with Gasteiger partial charge < -0.3 is 16.2 Å². The standard InChI is InChI=1S/C15H15N3O3/c1-2-17-14(19)10-5-3-4-9(6-10)11-7-12(15(20)21)13(16)18-8-11/h3-8H,2H2,1H3,(H2,16,18)(H,17,19)(H,20,21). The highest BCUT2D eigenvalue weighted by Crippen LogP contribution is 2.23. The van der Waals surface area contributed by atoms with E-state index in [9.17, 15) is 9.59 Å². The first-order valence-corrected chi connectivity index (χ1v) is 6.40. The van der Waals surface area contributed by atoms with Crippen LogP contribution in [0.25, 0.3) is 11.1 Å². The fraction of sp³-hybridized carbons (Fsp3) is 0.133. The van der Waals surface area contributed by atoms with E-state index in [0.29, 0.717) is 23.2 Å². The van der Waals surface area contributed by atoms with Gasteiger partial charge in [0.1, 0.15) is 11.4 Å². The lowest BCUT2D eigenvalue weighted by atomic mass is 10.0. The van der Waals surface area contributed by atoms with Crippen molar-refractivity contribution in [2.45, 2.75) is 6.92 Å². The van der Waals surface area contributed by atoms with Gasteiger partial charge in [-0.2, -0.15) is 0 Å². The second-order valence-corrected chi connectivity index (χ2v) is 4.40. The van der Waals surface area contributed by atoms with Crippen molar-refractivity contribution in [2.24, 2.45) is 0 Å².